The van der Waals surface area contributed by atoms with Gasteiger partial charge in [-0.2, -0.15) is 0 Å². The summed E-state index contributed by atoms with van der Waals surface area (Å²) in [5, 5.41) is 9.01. The van der Waals surface area contributed by atoms with Gasteiger partial charge in [-0.15, -0.1) is 0 Å². The lowest BCUT2D eigenvalue weighted by atomic mass is 10.1. The van der Waals surface area contributed by atoms with Gasteiger partial charge >= 0.3 is 5.97 Å². The van der Waals surface area contributed by atoms with Crippen molar-refractivity contribution in [1.82, 2.24) is 19.8 Å². The van der Waals surface area contributed by atoms with Gasteiger partial charge in [0.1, 0.15) is 5.82 Å². The number of imidazole rings is 1. The Labute approximate surface area is 209 Å². The molecular formula is C26H27N5O4S. The summed E-state index contributed by atoms with van der Waals surface area (Å²) < 4.78 is 28.3. The number of hydrogen-bond donors (Lipinski definition) is 3. The van der Waals surface area contributed by atoms with E-state index in [4.69, 9.17) is 5.11 Å². The second-order valence-corrected chi connectivity index (χ2v) is 10.7. The molecule has 36 heavy (non-hydrogen) atoms. The zero-order valence-electron chi connectivity index (χ0n) is 19.8. The van der Waals surface area contributed by atoms with Gasteiger partial charge in [0.25, 0.3) is 10.0 Å². The number of nitrogens with zero attached hydrogens (tertiary/aromatic N) is 3. The maximum atomic E-state index is 12.9. The lowest BCUT2D eigenvalue weighted by Crippen LogP contribution is -2.43. The van der Waals surface area contributed by atoms with Crippen LogP contribution in [0, 0.1) is 0 Å². The molecule has 0 radical (unpaired) electrons. The Morgan fingerprint density at radius 2 is 1.69 bits per heavy atom. The van der Waals surface area contributed by atoms with E-state index in [1.54, 1.807) is 6.07 Å². The first-order valence-electron chi connectivity index (χ1n) is 11.6. The highest BCUT2D eigenvalue weighted by atomic mass is 32.2. The van der Waals surface area contributed by atoms with Crippen LogP contribution in [0.5, 0.6) is 0 Å². The van der Waals surface area contributed by atoms with Gasteiger partial charge in [-0.05, 0) is 55.1 Å². The Balaban J connectivity index is 1.31. The number of carboxylic acid groups (broad SMARTS) is 1. The molecule has 1 aliphatic heterocycles. The number of likely N-dealkylation sites (N-methyl/N-ethyl adjacent to an activating group) is 1. The van der Waals surface area contributed by atoms with Crippen LogP contribution in [0.25, 0.3) is 22.4 Å². The van der Waals surface area contributed by atoms with Crippen molar-refractivity contribution in [3.05, 3.63) is 77.9 Å². The predicted molar refractivity (Wildman–Crippen MR) is 139 cm³/mol. The van der Waals surface area contributed by atoms with Crippen LogP contribution >= 0.6 is 0 Å². The maximum absolute atomic E-state index is 12.9. The first-order chi connectivity index (χ1) is 17.3. The number of anilines is 1. The second-order valence-electron chi connectivity index (χ2n) is 9.03. The summed E-state index contributed by atoms with van der Waals surface area (Å²) >= 11 is 0. The van der Waals surface area contributed by atoms with E-state index in [-0.39, 0.29) is 16.1 Å². The third-order valence-electron chi connectivity index (χ3n) is 6.38. The number of benzene rings is 3. The molecule has 3 N–H and O–H groups in total. The highest BCUT2D eigenvalue weighted by Gasteiger charge is 2.17. The van der Waals surface area contributed by atoms with Crippen molar-refractivity contribution in [2.75, 3.05) is 37.9 Å². The Morgan fingerprint density at radius 3 is 2.36 bits per heavy atom. The summed E-state index contributed by atoms with van der Waals surface area (Å²) in [6.07, 6.45) is 0. The Hall–Kier alpha value is -3.73. The lowest BCUT2D eigenvalue weighted by Gasteiger charge is -2.32. The number of aromatic nitrogens is 2. The lowest BCUT2D eigenvalue weighted by molar-refractivity contribution is 0.0697. The third kappa shape index (κ3) is 5.25. The molecule has 3 aromatic carbocycles. The van der Waals surface area contributed by atoms with E-state index in [2.05, 4.69) is 43.7 Å². The number of rotatable bonds is 7. The molecule has 5 rings (SSSR count). The van der Waals surface area contributed by atoms with Gasteiger partial charge in [0.2, 0.25) is 0 Å². The van der Waals surface area contributed by atoms with Crippen molar-refractivity contribution < 1.29 is 18.3 Å². The van der Waals surface area contributed by atoms with Crippen LogP contribution in [0.4, 0.5) is 5.69 Å². The number of aromatic carboxylic acids is 1. The number of fused-ring (bicyclic) bond motifs is 1. The fourth-order valence-corrected chi connectivity index (χ4v) is 5.29. The van der Waals surface area contributed by atoms with Crippen molar-refractivity contribution in [3.63, 3.8) is 0 Å². The van der Waals surface area contributed by atoms with E-state index in [9.17, 15) is 13.2 Å². The number of piperazine rings is 1. The Kier molecular flexibility index (Phi) is 6.48. The number of carbonyl (C=O) groups is 1. The van der Waals surface area contributed by atoms with Gasteiger partial charge in [0, 0.05) is 44.0 Å². The second kappa shape index (κ2) is 9.73. The van der Waals surface area contributed by atoms with E-state index < -0.39 is 16.0 Å². The van der Waals surface area contributed by atoms with Gasteiger partial charge in [-0.25, -0.2) is 18.2 Å². The maximum Gasteiger partial charge on any atom is 0.335 e. The predicted octanol–water partition coefficient (Wildman–Crippen LogP) is 3.48. The quantitative estimate of drug-likeness (QED) is 0.352. The normalized spacial score (nSPS) is 15.2. The number of sulfonamides is 1. The van der Waals surface area contributed by atoms with Gasteiger partial charge in [-0.1, -0.05) is 24.3 Å². The average molecular weight is 506 g/mol. The van der Waals surface area contributed by atoms with Crippen LogP contribution in [-0.2, 0) is 16.6 Å². The zero-order chi connectivity index (χ0) is 25.3. The van der Waals surface area contributed by atoms with Crippen LogP contribution in [0.1, 0.15) is 15.9 Å². The molecule has 9 nitrogen and oxygen atoms in total. The summed E-state index contributed by atoms with van der Waals surface area (Å²) in [4.78, 5) is 23.7. The van der Waals surface area contributed by atoms with E-state index in [0.29, 0.717) is 11.3 Å². The van der Waals surface area contributed by atoms with Crippen molar-refractivity contribution in [3.8, 4) is 11.4 Å². The molecule has 0 bridgehead atoms. The van der Waals surface area contributed by atoms with Crippen LogP contribution < -0.4 is 4.72 Å². The SMILES string of the molecule is CN1CCN(Cc2ccc(-c3nc4cc(S(=O)(=O)Nc5ccc(C(=O)O)cc5)ccc4[nH]3)cc2)CC1. The largest absolute Gasteiger partial charge is 0.478 e. The molecule has 0 unspecified atom stereocenters. The van der Waals surface area contributed by atoms with Crippen LogP contribution in [0.15, 0.2) is 71.6 Å². The Bertz CT molecular complexity index is 1490. The fraction of sp³-hybridized carbons (Fsp3) is 0.231. The molecule has 0 saturated carbocycles. The molecule has 1 aliphatic rings. The number of H-pyrrole nitrogens is 1. The van der Waals surface area contributed by atoms with Crippen molar-refractivity contribution in [1.29, 1.82) is 0 Å². The molecule has 4 aromatic rings. The number of hydrogen-bond acceptors (Lipinski definition) is 6. The van der Waals surface area contributed by atoms with E-state index >= 15 is 0 Å². The highest BCUT2D eigenvalue weighted by Crippen LogP contribution is 2.25. The summed E-state index contributed by atoms with van der Waals surface area (Å²) in [7, 11) is -1.73. The number of aromatic amines is 1. The monoisotopic (exact) mass is 505 g/mol. The highest BCUT2D eigenvalue weighted by molar-refractivity contribution is 7.92. The Morgan fingerprint density at radius 1 is 1.00 bits per heavy atom. The van der Waals surface area contributed by atoms with E-state index in [0.717, 1.165) is 43.8 Å². The van der Waals surface area contributed by atoms with Crippen LogP contribution in [-0.4, -0.2) is 72.5 Å². The van der Waals surface area contributed by atoms with Crippen molar-refractivity contribution in [2.45, 2.75) is 11.4 Å². The summed E-state index contributed by atoms with van der Waals surface area (Å²) in [6, 6.07) is 18.5. The topological polar surface area (TPSA) is 119 Å². The smallest absolute Gasteiger partial charge is 0.335 e. The third-order valence-corrected chi connectivity index (χ3v) is 7.76. The summed E-state index contributed by atoms with van der Waals surface area (Å²) in [5.41, 5.74) is 3.80. The summed E-state index contributed by atoms with van der Waals surface area (Å²) in [6.45, 7) is 5.22. The van der Waals surface area contributed by atoms with Crippen LogP contribution in [0.2, 0.25) is 0 Å². The molecular weight excluding hydrogens is 478 g/mol. The zero-order valence-corrected chi connectivity index (χ0v) is 20.6. The molecule has 0 amide bonds. The van der Waals surface area contributed by atoms with E-state index in [1.165, 1.54) is 42.0 Å². The molecule has 186 valence electrons. The van der Waals surface area contributed by atoms with Crippen molar-refractivity contribution >= 4 is 32.7 Å². The minimum absolute atomic E-state index is 0.0675. The first-order valence-corrected chi connectivity index (χ1v) is 13.1. The van der Waals surface area contributed by atoms with Crippen molar-refractivity contribution in [2.24, 2.45) is 0 Å². The van der Waals surface area contributed by atoms with Gasteiger partial charge < -0.3 is 15.0 Å². The molecule has 0 atom stereocenters. The molecule has 10 heteroatoms. The van der Waals surface area contributed by atoms with Gasteiger partial charge in [0.15, 0.2) is 0 Å². The molecule has 0 spiro atoms. The van der Waals surface area contributed by atoms with Gasteiger partial charge in [0.05, 0.1) is 21.5 Å². The number of carboxylic acids is 1. The fourth-order valence-electron chi connectivity index (χ4n) is 4.22. The molecule has 1 aromatic heterocycles. The molecule has 1 fully saturated rings. The molecule has 1 saturated heterocycles. The van der Waals surface area contributed by atoms with E-state index in [1.807, 2.05) is 12.1 Å². The minimum atomic E-state index is -3.88. The standard InChI is InChI=1S/C26H27N5O4S/c1-30-12-14-31(15-13-30)17-18-2-4-19(5-3-18)25-27-23-11-10-22(16-24(23)28-25)36(34,35)29-21-8-6-20(7-9-21)26(32)33/h2-11,16,29H,12-15,17H2,1H3,(H,27,28)(H,32,33). The average Bonchev–Trinajstić information content (AvgIpc) is 3.30. The first kappa shape index (κ1) is 24.0. The van der Waals surface area contributed by atoms with Gasteiger partial charge in [-0.3, -0.25) is 9.62 Å². The molecule has 2 heterocycles. The minimum Gasteiger partial charge on any atom is -0.478 e. The van der Waals surface area contributed by atoms with Crippen LogP contribution in [0.3, 0.4) is 0 Å². The summed E-state index contributed by atoms with van der Waals surface area (Å²) in [5.74, 6) is -0.406. The number of nitrogens with one attached hydrogen (secondary N) is 2. The molecule has 0 aliphatic carbocycles.